The van der Waals surface area contributed by atoms with Gasteiger partial charge in [0.15, 0.2) is 17.1 Å². The number of benzene rings is 2. The maximum Gasteiger partial charge on any atom is 0.349 e. The Labute approximate surface area is 223 Å². The zero-order valence-corrected chi connectivity index (χ0v) is 22.5. The molecule has 8 nitrogen and oxygen atoms in total. The minimum absolute atomic E-state index is 0.283. The van der Waals surface area contributed by atoms with Crippen LogP contribution in [0.5, 0.6) is 11.5 Å². The van der Waals surface area contributed by atoms with E-state index in [1.807, 2.05) is 67.6 Å². The van der Waals surface area contributed by atoms with Gasteiger partial charge in [0.05, 0.1) is 32.2 Å². The van der Waals surface area contributed by atoms with Crippen molar-refractivity contribution < 1.29 is 27.8 Å². The maximum atomic E-state index is 12.3. The molecular formula is C30H34N2O6. The Kier molecular flexibility index (Phi) is 8.53. The quantitative estimate of drug-likeness (QED) is 0.206. The highest BCUT2D eigenvalue weighted by atomic mass is 16.6. The second kappa shape index (κ2) is 12.0. The first kappa shape index (κ1) is 27.0. The van der Waals surface area contributed by atoms with Crippen LogP contribution >= 0.6 is 0 Å². The first-order valence-corrected chi connectivity index (χ1v) is 12.6. The number of carbonyl (C=O) groups excluding carboxylic acids is 1. The van der Waals surface area contributed by atoms with E-state index in [4.69, 9.17) is 28.0 Å². The van der Waals surface area contributed by atoms with Gasteiger partial charge in [-0.3, -0.25) is 4.90 Å². The molecular weight excluding hydrogens is 484 g/mol. The van der Waals surface area contributed by atoms with Crippen LogP contribution in [0, 0.1) is 6.92 Å². The fourth-order valence-corrected chi connectivity index (χ4v) is 4.06. The summed E-state index contributed by atoms with van der Waals surface area (Å²) < 4.78 is 28.4. The third-order valence-corrected chi connectivity index (χ3v) is 6.01. The lowest BCUT2D eigenvalue weighted by molar-refractivity contribution is -0.158. The Morgan fingerprint density at radius 3 is 2.47 bits per heavy atom. The zero-order valence-electron chi connectivity index (χ0n) is 22.5. The van der Waals surface area contributed by atoms with Crippen molar-refractivity contribution in [1.82, 2.24) is 9.88 Å². The van der Waals surface area contributed by atoms with E-state index in [0.29, 0.717) is 37.0 Å². The number of methoxy groups -OCH3 is 1. The molecule has 2 aromatic heterocycles. The lowest BCUT2D eigenvalue weighted by Gasteiger charge is -2.26. The van der Waals surface area contributed by atoms with Crippen molar-refractivity contribution in [1.29, 1.82) is 0 Å². The van der Waals surface area contributed by atoms with Gasteiger partial charge in [-0.2, -0.15) is 0 Å². The van der Waals surface area contributed by atoms with Crippen LogP contribution in [0.2, 0.25) is 0 Å². The zero-order chi connectivity index (χ0) is 27.1. The molecule has 4 rings (SSSR count). The van der Waals surface area contributed by atoms with Gasteiger partial charge >= 0.3 is 5.97 Å². The number of esters is 1. The van der Waals surface area contributed by atoms with E-state index < -0.39 is 11.6 Å². The molecule has 38 heavy (non-hydrogen) atoms. The van der Waals surface area contributed by atoms with Gasteiger partial charge in [0.2, 0.25) is 5.89 Å². The number of aryl methyl sites for hydroxylation is 1. The summed E-state index contributed by atoms with van der Waals surface area (Å²) in [4.78, 5) is 19.3. The van der Waals surface area contributed by atoms with Crippen LogP contribution in [0.25, 0.3) is 11.5 Å². The van der Waals surface area contributed by atoms with Crippen LogP contribution in [0.15, 0.2) is 75.8 Å². The fraction of sp³-hybridized carbons (Fsp3) is 0.333. The van der Waals surface area contributed by atoms with Gasteiger partial charge in [-0.15, -0.1) is 0 Å². The summed E-state index contributed by atoms with van der Waals surface area (Å²) in [7, 11) is 1.58. The monoisotopic (exact) mass is 518 g/mol. The fourth-order valence-electron chi connectivity index (χ4n) is 4.06. The van der Waals surface area contributed by atoms with Crippen LogP contribution in [-0.4, -0.2) is 35.2 Å². The second-order valence-electron chi connectivity index (χ2n) is 9.43. The van der Waals surface area contributed by atoms with E-state index in [9.17, 15) is 4.79 Å². The number of carbonyl (C=O) groups is 1. The molecule has 0 bridgehead atoms. The minimum Gasteiger partial charge on any atom is -0.493 e. The largest absolute Gasteiger partial charge is 0.493 e. The van der Waals surface area contributed by atoms with Crippen molar-refractivity contribution >= 4 is 5.97 Å². The molecule has 2 aromatic carbocycles. The van der Waals surface area contributed by atoms with Crippen LogP contribution in [0.4, 0.5) is 0 Å². The van der Waals surface area contributed by atoms with Gasteiger partial charge in [-0.1, -0.05) is 24.3 Å². The summed E-state index contributed by atoms with van der Waals surface area (Å²) >= 11 is 0. The number of hydrogen-bond acceptors (Lipinski definition) is 8. The van der Waals surface area contributed by atoms with Gasteiger partial charge in [0, 0.05) is 18.7 Å². The number of nitrogens with zero attached hydrogens (tertiary/aromatic N) is 2. The van der Waals surface area contributed by atoms with E-state index in [2.05, 4.69) is 4.90 Å². The molecule has 4 aromatic rings. The van der Waals surface area contributed by atoms with Crippen molar-refractivity contribution in [2.75, 3.05) is 13.7 Å². The minimum atomic E-state index is -1.16. The molecule has 0 saturated heterocycles. The van der Waals surface area contributed by atoms with Gasteiger partial charge in [0.25, 0.3) is 0 Å². The number of aromatic nitrogens is 1. The molecule has 0 unspecified atom stereocenters. The highest BCUT2D eigenvalue weighted by molar-refractivity contribution is 5.79. The van der Waals surface area contributed by atoms with Crippen molar-refractivity contribution in [3.63, 3.8) is 0 Å². The van der Waals surface area contributed by atoms with E-state index in [1.165, 1.54) is 0 Å². The predicted molar refractivity (Wildman–Crippen MR) is 143 cm³/mol. The average Bonchev–Trinajstić information content (AvgIpc) is 3.55. The van der Waals surface area contributed by atoms with Crippen LogP contribution in [0.1, 0.15) is 43.5 Å². The normalized spacial score (nSPS) is 11.5. The first-order chi connectivity index (χ1) is 18.3. The highest BCUT2D eigenvalue weighted by Gasteiger charge is 2.32. The molecule has 0 aliphatic rings. The van der Waals surface area contributed by atoms with Gasteiger partial charge in [-0.25, -0.2) is 9.78 Å². The molecule has 0 atom stereocenters. The summed E-state index contributed by atoms with van der Waals surface area (Å²) in [6, 6.07) is 19.4. The third kappa shape index (κ3) is 6.63. The molecule has 0 radical (unpaired) electrons. The summed E-state index contributed by atoms with van der Waals surface area (Å²) in [6.07, 6.45) is 1.67. The van der Waals surface area contributed by atoms with Gasteiger partial charge in [-0.05, 0) is 69.7 Å². The number of oxazole rings is 1. The van der Waals surface area contributed by atoms with Crippen molar-refractivity contribution in [3.8, 4) is 23.0 Å². The average molecular weight is 519 g/mol. The number of ether oxygens (including phenoxy) is 3. The molecule has 0 N–H and O–H groups in total. The second-order valence-corrected chi connectivity index (χ2v) is 9.43. The summed E-state index contributed by atoms with van der Waals surface area (Å²) in [6.45, 7) is 9.05. The van der Waals surface area contributed by atoms with E-state index >= 15 is 0 Å². The highest BCUT2D eigenvalue weighted by Crippen LogP contribution is 2.32. The number of rotatable bonds is 12. The molecule has 2 heterocycles. The molecule has 200 valence electrons. The van der Waals surface area contributed by atoms with Crippen molar-refractivity contribution in [2.24, 2.45) is 0 Å². The lowest BCUT2D eigenvalue weighted by atomic mass is 10.1. The Balaban J connectivity index is 1.55. The van der Waals surface area contributed by atoms with E-state index in [1.54, 1.807) is 34.1 Å². The predicted octanol–water partition coefficient (Wildman–Crippen LogP) is 6.17. The third-order valence-electron chi connectivity index (χ3n) is 6.01. The maximum absolute atomic E-state index is 12.3. The lowest BCUT2D eigenvalue weighted by Crippen LogP contribution is -2.39. The Morgan fingerprint density at radius 2 is 1.79 bits per heavy atom. The topological polar surface area (TPSA) is 87.2 Å². The number of furan rings is 1. The van der Waals surface area contributed by atoms with Crippen LogP contribution in [-0.2, 0) is 29.2 Å². The van der Waals surface area contributed by atoms with Crippen LogP contribution in [0.3, 0.4) is 0 Å². The molecule has 0 spiro atoms. The standard InChI is InChI=1S/C30H34N2O6/c1-6-35-29(33)30(3,4)38-26-15-14-22(17-27(26)34-5)18-32(19-24-13-10-16-36-24)20-25-21(2)37-28(31-25)23-11-8-7-9-12-23/h7-17H,6,18-20H2,1-5H3. The Bertz CT molecular complexity index is 1330. The van der Waals surface area contributed by atoms with Crippen molar-refractivity contribution in [2.45, 2.75) is 52.9 Å². The van der Waals surface area contributed by atoms with E-state index in [0.717, 1.165) is 28.3 Å². The first-order valence-electron chi connectivity index (χ1n) is 12.6. The molecule has 0 aliphatic carbocycles. The van der Waals surface area contributed by atoms with Gasteiger partial charge in [0.1, 0.15) is 11.5 Å². The Morgan fingerprint density at radius 1 is 1.00 bits per heavy atom. The molecule has 0 aliphatic heterocycles. The van der Waals surface area contributed by atoms with E-state index in [-0.39, 0.29) is 6.61 Å². The molecule has 0 saturated carbocycles. The number of hydrogen-bond donors (Lipinski definition) is 0. The van der Waals surface area contributed by atoms with Gasteiger partial charge < -0.3 is 23.0 Å². The van der Waals surface area contributed by atoms with Crippen molar-refractivity contribution in [3.05, 3.63) is 89.7 Å². The molecule has 0 fully saturated rings. The smallest absolute Gasteiger partial charge is 0.349 e. The summed E-state index contributed by atoms with van der Waals surface area (Å²) in [5, 5.41) is 0. The van der Waals surface area contributed by atoms with Crippen LogP contribution < -0.4 is 9.47 Å². The molecule has 0 amide bonds. The summed E-state index contributed by atoms with van der Waals surface area (Å²) in [5.41, 5.74) is 1.64. The Hall–Kier alpha value is -4.04. The summed E-state index contributed by atoms with van der Waals surface area (Å²) in [5.74, 6) is 2.78. The SMILES string of the molecule is CCOC(=O)C(C)(C)Oc1ccc(CN(Cc2ccco2)Cc2nc(-c3ccccc3)oc2C)cc1OC. The molecule has 8 heteroatoms.